The first kappa shape index (κ1) is 23.0. The second-order valence-electron chi connectivity index (χ2n) is 9.37. The van der Waals surface area contributed by atoms with Crippen molar-refractivity contribution in [2.45, 2.75) is 64.1 Å². The first-order valence-corrected chi connectivity index (χ1v) is 11.9. The fourth-order valence-electron chi connectivity index (χ4n) is 5.21. The largest absolute Gasteiger partial charge is 0.378 e. The molecule has 8 heteroatoms. The summed E-state index contributed by atoms with van der Waals surface area (Å²) in [5.41, 5.74) is 2.24. The number of benzene rings is 1. The lowest BCUT2D eigenvalue weighted by Crippen LogP contribution is -2.57. The van der Waals surface area contributed by atoms with Gasteiger partial charge < -0.3 is 25.6 Å². The average Bonchev–Trinajstić information content (AvgIpc) is 3.27. The number of carbonyl (C=O) groups excluding carboxylic acids is 2. The van der Waals surface area contributed by atoms with Gasteiger partial charge in [0.2, 0.25) is 11.8 Å². The van der Waals surface area contributed by atoms with Gasteiger partial charge in [0.05, 0.1) is 13.2 Å². The number of ether oxygens (including phenoxy) is 1. The van der Waals surface area contributed by atoms with Crippen molar-refractivity contribution in [2.75, 3.05) is 38.2 Å². The van der Waals surface area contributed by atoms with Crippen LogP contribution in [0.15, 0.2) is 12.1 Å². The molecule has 3 aliphatic heterocycles. The number of fused-ring (bicyclic) bond motifs is 1. The summed E-state index contributed by atoms with van der Waals surface area (Å²) in [5.74, 6) is 0.105. The van der Waals surface area contributed by atoms with Crippen LogP contribution < -0.4 is 16.0 Å². The molecule has 2 amide bonds. The number of nitrogens with one attached hydrogen (secondary N) is 3. The predicted octanol–water partition coefficient (Wildman–Crippen LogP) is 1.98. The predicted molar refractivity (Wildman–Crippen MR) is 121 cm³/mol. The van der Waals surface area contributed by atoms with E-state index < -0.39 is 6.04 Å². The van der Waals surface area contributed by atoms with Gasteiger partial charge in [-0.2, -0.15) is 0 Å². The summed E-state index contributed by atoms with van der Waals surface area (Å²) in [6, 6.07) is 2.66. The summed E-state index contributed by atoms with van der Waals surface area (Å²) in [6.45, 7) is 7.44. The van der Waals surface area contributed by atoms with Crippen molar-refractivity contribution >= 4 is 17.5 Å². The standard InChI is InChI=1S/C24H35FN4O3/c1-15-4-3-9-26-23(15)19(7-8-21(30)29-10-12-32-13-11-29)28-24(31)20-14-17-18(25)6-5-16(2)22(17)27-20/h5-6,15,19-20,23,26-27H,3-4,7-14H2,1-2H3,(H,28,31). The normalized spacial score (nSPS) is 26.2. The van der Waals surface area contributed by atoms with Crippen molar-refractivity contribution in [2.24, 2.45) is 5.92 Å². The molecule has 4 atom stereocenters. The maximum absolute atomic E-state index is 14.3. The Morgan fingerprint density at radius 3 is 2.81 bits per heavy atom. The van der Waals surface area contributed by atoms with Crippen LogP contribution in [0.4, 0.5) is 10.1 Å². The molecule has 1 aromatic rings. The molecule has 0 radical (unpaired) electrons. The number of morpholine rings is 1. The van der Waals surface area contributed by atoms with Gasteiger partial charge in [-0.05, 0) is 50.3 Å². The lowest BCUT2D eigenvalue weighted by atomic mass is 9.85. The third-order valence-corrected chi connectivity index (χ3v) is 7.13. The van der Waals surface area contributed by atoms with Crippen molar-refractivity contribution in [3.63, 3.8) is 0 Å². The number of aryl methyl sites for hydroxylation is 1. The number of rotatable bonds is 6. The van der Waals surface area contributed by atoms with Gasteiger partial charge in [-0.15, -0.1) is 0 Å². The molecule has 3 N–H and O–H groups in total. The van der Waals surface area contributed by atoms with Gasteiger partial charge in [0.25, 0.3) is 0 Å². The second-order valence-corrected chi connectivity index (χ2v) is 9.37. The zero-order valence-corrected chi connectivity index (χ0v) is 19.1. The number of hydrogen-bond donors (Lipinski definition) is 3. The average molecular weight is 447 g/mol. The van der Waals surface area contributed by atoms with E-state index in [4.69, 9.17) is 4.74 Å². The highest BCUT2D eigenvalue weighted by molar-refractivity contribution is 5.88. The highest BCUT2D eigenvalue weighted by Gasteiger charge is 2.35. The Labute approximate surface area is 189 Å². The van der Waals surface area contributed by atoms with Gasteiger partial charge in [0.1, 0.15) is 11.9 Å². The molecule has 0 bridgehead atoms. The smallest absolute Gasteiger partial charge is 0.243 e. The van der Waals surface area contributed by atoms with Gasteiger partial charge in [-0.3, -0.25) is 9.59 Å². The number of anilines is 1. The van der Waals surface area contributed by atoms with Crippen LogP contribution in [0.1, 0.15) is 43.7 Å². The van der Waals surface area contributed by atoms with Crippen LogP contribution in [0.5, 0.6) is 0 Å². The SMILES string of the molecule is Cc1ccc(F)c2c1NC(C(=O)NC(CCC(=O)N1CCOCC1)C1NCCCC1C)C2. The molecule has 176 valence electrons. The zero-order valence-electron chi connectivity index (χ0n) is 19.1. The lowest BCUT2D eigenvalue weighted by Gasteiger charge is -2.37. The maximum Gasteiger partial charge on any atom is 0.243 e. The Morgan fingerprint density at radius 2 is 2.09 bits per heavy atom. The van der Waals surface area contributed by atoms with E-state index in [0.717, 1.165) is 30.6 Å². The van der Waals surface area contributed by atoms with Crippen LogP contribution >= 0.6 is 0 Å². The summed E-state index contributed by atoms with van der Waals surface area (Å²) < 4.78 is 19.6. The lowest BCUT2D eigenvalue weighted by molar-refractivity contribution is -0.135. The van der Waals surface area contributed by atoms with Gasteiger partial charge in [0, 0.05) is 49.3 Å². The Morgan fingerprint density at radius 1 is 1.31 bits per heavy atom. The third-order valence-electron chi connectivity index (χ3n) is 7.13. The molecule has 0 spiro atoms. The van der Waals surface area contributed by atoms with Crippen molar-refractivity contribution in [3.8, 4) is 0 Å². The number of nitrogens with zero attached hydrogens (tertiary/aromatic N) is 1. The number of hydrogen-bond acceptors (Lipinski definition) is 5. The van der Waals surface area contributed by atoms with E-state index in [1.807, 2.05) is 11.8 Å². The molecule has 3 aliphatic rings. The van der Waals surface area contributed by atoms with Gasteiger partial charge in [-0.1, -0.05) is 13.0 Å². The number of piperidine rings is 1. The molecule has 4 rings (SSSR count). The van der Waals surface area contributed by atoms with E-state index in [-0.39, 0.29) is 29.7 Å². The van der Waals surface area contributed by atoms with E-state index in [1.54, 1.807) is 6.07 Å². The van der Waals surface area contributed by atoms with Crippen LogP contribution in [0.25, 0.3) is 0 Å². The molecular weight excluding hydrogens is 411 g/mol. The molecule has 2 fully saturated rings. The summed E-state index contributed by atoms with van der Waals surface area (Å²) in [7, 11) is 0. The number of amides is 2. The third kappa shape index (κ3) is 5.07. The zero-order chi connectivity index (χ0) is 22.7. The Bertz CT molecular complexity index is 812. The van der Waals surface area contributed by atoms with Gasteiger partial charge in [0.15, 0.2) is 0 Å². The topological polar surface area (TPSA) is 82.7 Å². The highest BCUT2D eigenvalue weighted by atomic mass is 19.1. The number of halogens is 1. The Kier molecular flexibility index (Phi) is 7.30. The first-order chi connectivity index (χ1) is 15.4. The molecule has 2 saturated heterocycles. The molecule has 0 aliphatic carbocycles. The summed E-state index contributed by atoms with van der Waals surface area (Å²) >= 11 is 0. The van der Waals surface area contributed by atoms with Crippen molar-refractivity contribution < 1.29 is 18.7 Å². The van der Waals surface area contributed by atoms with Gasteiger partial charge >= 0.3 is 0 Å². The highest BCUT2D eigenvalue weighted by Crippen LogP contribution is 2.31. The Balaban J connectivity index is 1.41. The maximum atomic E-state index is 14.3. The fraction of sp³-hybridized carbons (Fsp3) is 0.667. The van der Waals surface area contributed by atoms with E-state index in [0.29, 0.717) is 57.0 Å². The minimum Gasteiger partial charge on any atom is -0.378 e. The molecule has 3 heterocycles. The van der Waals surface area contributed by atoms with Crippen molar-refractivity contribution in [1.82, 2.24) is 15.5 Å². The quantitative estimate of drug-likeness (QED) is 0.623. The molecule has 7 nitrogen and oxygen atoms in total. The second kappa shape index (κ2) is 10.2. The van der Waals surface area contributed by atoms with Crippen LogP contribution in [0.3, 0.4) is 0 Å². The van der Waals surface area contributed by atoms with E-state index in [2.05, 4.69) is 22.9 Å². The summed E-state index contributed by atoms with van der Waals surface area (Å²) in [5, 5.41) is 9.99. The molecular formula is C24H35FN4O3. The molecule has 32 heavy (non-hydrogen) atoms. The molecule has 0 aromatic heterocycles. The van der Waals surface area contributed by atoms with Crippen molar-refractivity contribution in [1.29, 1.82) is 0 Å². The van der Waals surface area contributed by atoms with Crippen LogP contribution in [0, 0.1) is 18.7 Å². The first-order valence-electron chi connectivity index (χ1n) is 11.9. The minimum absolute atomic E-state index is 0.111. The summed E-state index contributed by atoms with van der Waals surface area (Å²) in [4.78, 5) is 27.8. The van der Waals surface area contributed by atoms with E-state index in [1.165, 1.54) is 6.07 Å². The van der Waals surface area contributed by atoms with E-state index >= 15 is 0 Å². The molecule has 4 unspecified atom stereocenters. The van der Waals surface area contributed by atoms with Crippen molar-refractivity contribution in [3.05, 3.63) is 29.1 Å². The molecule has 1 aromatic carbocycles. The van der Waals surface area contributed by atoms with Gasteiger partial charge in [-0.25, -0.2) is 4.39 Å². The monoisotopic (exact) mass is 446 g/mol. The minimum atomic E-state index is -0.503. The van der Waals surface area contributed by atoms with Crippen LogP contribution in [-0.2, 0) is 20.7 Å². The van der Waals surface area contributed by atoms with Crippen LogP contribution in [-0.4, -0.2) is 67.7 Å². The fourth-order valence-corrected chi connectivity index (χ4v) is 5.21. The summed E-state index contributed by atoms with van der Waals surface area (Å²) in [6.07, 6.45) is 3.52. The Hall–Kier alpha value is -2.19. The van der Waals surface area contributed by atoms with Crippen LogP contribution in [0.2, 0.25) is 0 Å². The van der Waals surface area contributed by atoms with E-state index in [9.17, 15) is 14.0 Å². The number of carbonyl (C=O) groups is 2. The molecule has 0 saturated carbocycles.